The number of furan rings is 1. The number of nitrogens with zero attached hydrogens (tertiary/aromatic N) is 1. The molecule has 0 unspecified atom stereocenters. The molecule has 0 radical (unpaired) electrons. The number of nitrogens with one attached hydrogen (secondary N) is 2. The van der Waals surface area contributed by atoms with Gasteiger partial charge in [-0.25, -0.2) is 8.42 Å². The van der Waals surface area contributed by atoms with Gasteiger partial charge in [-0.15, -0.1) is 0 Å². The molecule has 0 saturated carbocycles. The third-order valence-corrected chi connectivity index (χ3v) is 6.65. The summed E-state index contributed by atoms with van der Waals surface area (Å²) < 4.78 is 33.2. The van der Waals surface area contributed by atoms with Crippen LogP contribution >= 0.6 is 23.2 Å². The average Bonchev–Trinajstić information content (AvgIpc) is 3.24. The van der Waals surface area contributed by atoms with Gasteiger partial charge < -0.3 is 9.73 Å². The normalized spacial score (nSPS) is 12.5. The molecule has 2 aromatic carbocycles. The average molecular weight is 482 g/mol. The van der Waals surface area contributed by atoms with Gasteiger partial charge in [0.15, 0.2) is 0 Å². The predicted molar refractivity (Wildman–Crippen MR) is 121 cm³/mol. The van der Waals surface area contributed by atoms with Crippen LogP contribution in [0.2, 0.25) is 10.0 Å². The molecule has 0 fully saturated rings. The molecule has 3 rings (SSSR count). The van der Waals surface area contributed by atoms with E-state index >= 15 is 0 Å². The molecular formula is C21H21Cl2N3O4S. The summed E-state index contributed by atoms with van der Waals surface area (Å²) >= 11 is 11.8. The fraction of sp³-hybridized carbons (Fsp3) is 0.190. The first-order chi connectivity index (χ1) is 14.7. The Bertz CT molecular complexity index is 1170. The van der Waals surface area contributed by atoms with Crippen molar-refractivity contribution in [2.45, 2.75) is 10.9 Å². The van der Waals surface area contributed by atoms with E-state index in [0.29, 0.717) is 12.1 Å². The van der Waals surface area contributed by atoms with Crippen LogP contribution in [0.1, 0.15) is 22.2 Å². The molecule has 0 aliphatic rings. The monoisotopic (exact) mass is 481 g/mol. The van der Waals surface area contributed by atoms with Gasteiger partial charge in [-0.2, -0.15) is 0 Å². The molecule has 0 aliphatic heterocycles. The lowest BCUT2D eigenvalue weighted by molar-refractivity contribution is 0.0939. The van der Waals surface area contributed by atoms with Crippen molar-refractivity contribution in [1.29, 1.82) is 0 Å². The van der Waals surface area contributed by atoms with E-state index in [9.17, 15) is 13.2 Å². The van der Waals surface area contributed by atoms with Gasteiger partial charge in [0.2, 0.25) is 0 Å². The van der Waals surface area contributed by atoms with E-state index in [4.69, 9.17) is 27.6 Å². The summed E-state index contributed by atoms with van der Waals surface area (Å²) in [6.45, 7) is 0.318. The van der Waals surface area contributed by atoms with Crippen LogP contribution in [0.25, 0.3) is 0 Å². The van der Waals surface area contributed by atoms with Crippen molar-refractivity contribution in [3.8, 4) is 0 Å². The Kier molecular flexibility index (Phi) is 7.27. The zero-order valence-electron chi connectivity index (χ0n) is 16.8. The molecule has 1 atom stereocenters. The molecule has 164 valence electrons. The molecule has 10 heteroatoms. The fourth-order valence-corrected chi connectivity index (χ4v) is 4.33. The molecule has 2 N–H and O–H groups in total. The van der Waals surface area contributed by atoms with Crippen molar-refractivity contribution in [1.82, 2.24) is 10.2 Å². The smallest absolute Gasteiger partial charge is 0.261 e. The van der Waals surface area contributed by atoms with Gasteiger partial charge in [-0.3, -0.25) is 14.4 Å². The van der Waals surface area contributed by atoms with Gasteiger partial charge in [0.1, 0.15) is 5.76 Å². The number of hydrogen-bond donors (Lipinski definition) is 2. The number of amides is 1. The Morgan fingerprint density at radius 3 is 2.48 bits per heavy atom. The lowest BCUT2D eigenvalue weighted by atomic mass is 10.1. The van der Waals surface area contributed by atoms with Crippen LogP contribution in [0.3, 0.4) is 0 Å². The summed E-state index contributed by atoms with van der Waals surface area (Å²) in [4.78, 5) is 14.5. The summed E-state index contributed by atoms with van der Waals surface area (Å²) in [5, 5.41) is 3.24. The maximum atomic E-state index is 12.6. The van der Waals surface area contributed by atoms with Crippen molar-refractivity contribution in [2.75, 3.05) is 25.4 Å². The molecule has 0 aliphatic carbocycles. The Hall–Kier alpha value is -2.52. The highest BCUT2D eigenvalue weighted by molar-refractivity contribution is 7.92. The van der Waals surface area contributed by atoms with E-state index in [1.807, 2.05) is 25.1 Å². The molecule has 1 amide bonds. The predicted octanol–water partition coefficient (Wildman–Crippen LogP) is 4.42. The minimum absolute atomic E-state index is 0.0379. The first-order valence-electron chi connectivity index (χ1n) is 9.23. The summed E-state index contributed by atoms with van der Waals surface area (Å²) in [5.41, 5.74) is 0.556. The summed E-state index contributed by atoms with van der Waals surface area (Å²) in [6.07, 6.45) is 1.58. The standard InChI is InChI=1S/C21H21Cl2N3O4S/c1-26(2)19(20-7-4-10-30-20)13-24-21(27)14-5-3-6-15(11-14)25-31(28,29)16-8-9-17(22)18(23)12-16/h3-12,19,25H,13H2,1-2H3,(H,24,27)/t19-/m0/s1. The number of rotatable bonds is 8. The van der Waals surface area contributed by atoms with E-state index < -0.39 is 10.0 Å². The van der Waals surface area contributed by atoms with E-state index in [2.05, 4.69) is 10.0 Å². The van der Waals surface area contributed by atoms with Gasteiger partial charge in [-0.1, -0.05) is 29.3 Å². The van der Waals surface area contributed by atoms with Crippen molar-refractivity contribution < 1.29 is 17.6 Å². The zero-order valence-corrected chi connectivity index (χ0v) is 19.1. The van der Waals surface area contributed by atoms with Gasteiger partial charge in [0.05, 0.1) is 27.2 Å². The summed E-state index contributed by atoms with van der Waals surface area (Å²) in [5.74, 6) is 0.391. The molecule has 31 heavy (non-hydrogen) atoms. The highest BCUT2D eigenvalue weighted by Crippen LogP contribution is 2.26. The summed E-state index contributed by atoms with van der Waals surface area (Å²) in [6, 6.07) is 13.7. The lowest BCUT2D eigenvalue weighted by Gasteiger charge is -2.22. The second-order valence-electron chi connectivity index (χ2n) is 6.97. The number of benzene rings is 2. The Morgan fingerprint density at radius 2 is 1.84 bits per heavy atom. The van der Waals surface area contributed by atoms with Crippen molar-refractivity contribution in [3.05, 3.63) is 82.2 Å². The molecule has 1 heterocycles. The van der Waals surface area contributed by atoms with Gasteiger partial charge in [0.25, 0.3) is 15.9 Å². The van der Waals surface area contributed by atoms with Gasteiger partial charge >= 0.3 is 0 Å². The number of likely N-dealkylation sites (N-methyl/N-ethyl adjacent to an activating group) is 1. The third kappa shape index (κ3) is 5.80. The lowest BCUT2D eigenvalue weighted by Crippen LogP contribution is -2.34. The first-order valence-corrected chi connectivity index (χ1v) is 11.5. The fourth-order valence-electron chi connectivity index (χ4n) is 2.89. The second kappa shape index (κ2) is 9.74. The Labute approximate surface area is 191 Å². The van der Waals surface area contributed by atoms with Crippen molar-refractivity contribution in [2.24, 2.45) is 0 Å². The second-order valence-corrected chi connectivity index (χ2v) is 9.46. The van der Waals surface area contributed by atoms with Crippen molar-refractivity contribution >= 4 is 44.8 Å². The number of hydrogen-bond acceptors (Lipinski definition) is 5. The van der Waals surface area contributed by atoms with Gasteiger partial charge in [0, 0.05) is 17.8 Å². The number of halogens is 2. The van der Waals surface area contributed by atoms with Crippen LogP contribution in [0.15, 0.2) is 70.2 Å². The minimum Gasteiger partial charge on any atom is -0.468 e. The molecule has 0 saturated heterocycles. The molecule has 0 spiro atoms. The van der Waals surface area contributed by atoms with Gasteiger partial charge in [-0.05, 0) is 62.6 Å². The molecular weight excluding hydrogens is 461 g/mol. The maximum Gasteiger partial charge on any atom is 0.261 e. The Balaban J connectivity index is 1.72. The number of anilines is 1. The van der Waals surface area contributed by atoms with Crippen LogP contribution in [0.4, 0.5) is 5.69 Å². The Morgan fingerprint density at radius 1 is 1.06 bits per heavy atom. The van der Waals surface area contributed by atoms with Crippen LogP contribution in [-0.2, 0) is 10.0 Å². The van der Waals surface area contributed by atoms with Crippen LogP contribution in [0.5, 0.6) is 0 Å². The van der Waals surface area contributed by atoms with Crippen LogP contribution < -0.4 is 10.0 Å². The highest BCUT2D eigenvalue weighted by atomic mass is 35.5. The maximum absolute atomic E-state index is 12.6. The van der Waals surface area contributed by atoms with Crippen LogP contribution in [-0.4, -0.2) is 39.9 Å². The summed E-state index contributed by atoms with van der Waals surface area (Å²) in [7, 11) is -0.132. The zero-order chi connectivity index (χ0) is 22.6. The number of sulfonamides is 1. The third-order valence-electron chi connectivity index (χ3n) is 4.53. The topological polar surface area (TPSA) is 91.7 Å². The molecule has 7 nitrogen and oxygen atoms in total. The highest BCUT2D eigenvalue weighted by Gasteiger charge is 2.19. The van der Waals surface area contributed by atoms with E-state index in [1.165, 1.54) is 24.3 Å². The van der Waals surface area contributed by atoms with Crippen LogP contribution in [0, 0.1) is 0 Å². The number of carbonyl (C=O) groups is 1. The van der Waals surface area contributed by atoms with E-state index in [1.54, 1.807) is 30.5 Å². The van der Waals surface area contributed by atoms with E-state index in [0.717, 1.165) is 5.76 Å². The molecule has 0 bridgehead atoms. The largest absolute Gasteiger partial charge is 0.468 e. The van der Waals surface area contributed by atoms with Crippen molar-refractivity contribution in [3.63, 3.8) is 0 Å². The quantitative estimate of drug-likeness (QED) is 0.496. The molecule has 1 aromatic heterocycles. The first kappa shape index (κ1) is 23.1. The number of carbonyl (C=O) groups excluding carboxylic acids is 1. The minimum atomic E-state index is -3.91. The molecule has 3 aromatic rings. The van der Waals surface area contributed by atoms with E-state index in [-0.39, 0.29) is 32.6 Å². The SMILES string of the molecule is CN(C)[C@@H](CNC(=O)c1cccc(NS(=O)(=O)c2ccc(Cl)c(Cl)c2)c1)c1ccco1.